The van der Waals surface area contributed by atoms with Gasteiger partial charge in [0, 0.05) is 22.3 Å². The maximum atomic E-state index is 12.8. The second kappa shape index (κ2) is 9.54. The molecular weight excluding hydrogens is 392 g/mol. The number of carbonyl (C=O) groups excluding carboxylic acids is 1. The van der Waals surface area contributed by atoms with Crippen LogP contribution in [0.1, 0.15) is 36.4 Å². The standard InChI is InChI=1S/C21H27ClN4OS/c1-4-16-17-8-11-23-10-5-6-18(17)26(20(16)14(2)7-9-22)13-19(27)25-21-24-12-15(3)28-21/h4,7,9,12,23H,5-6,8,10-11,13H2,1-3H3,(H,24,25,27)/b9-7+,16-4-,20-14+. The number of halogens is 1. The molecule has 0 aromatic carbocycles. The van der Waals surface area contributed by atoms with Crippen LogP contribution >= 0.6 is 22.9 Å². The smallest absolute Gasteiger partial charge is 0.246 e. The zero-order valence-electron chi connectivity index (χ0n) is 16.6. The second-order valence-electron chi connectivity index (χ2n) is 6.97. The Kier molecular flexibility index (Phi) is 7.10. The molecule has 2 aromatic rings. The van der Waals surface area contributed by atoms with Gasteiger partial charge in [-0.3, -0.25) is 4.79 Å². The molecule has 28 heavy (non-hydrogen) atoms. The Morgan fingerprint density at radius 1 is 1.43 bits per heavy atom. The third kappa shape index (κ3) is 4.57. The molecule has 2 N–H and O–H groups in total. The van der Waals surface area contributed by atoms with Gasteiger partial charge in [0.2, 0.25) is 5.91 Å². The number of hydrogen-bond donors (Lipinski definition) is 2. The van der Waals surface area contributed by atoms with Crippen LogP contribution in [0.15, 0.2) is 17.8 Å². The van der Waals surface area contributed by atoms with Gasteiger partial charge in [-0.1, -0.05) is 17.7 Å². The number of amides is 1. The van der Waals surface area contributed by atoms with E-state index in [2.05, 4.69) is 33.2 Å². The molecule has 0 bridgehead atoms. The minimum atomic E-state index is -0.0566. The van der Waals surface area contributed by atoms with Crippen molar-refractivity contribution in [1.82, 2.24) is 14.9 Å². The van der Waals surface area contributed by atoms with Crippen molar-refractivity contribution in [2.45, 2.75) is 46.6 Å². The first-order valence-electron chi connectivity index (χ1n) is 9.62. The fraction of sp³-hybridized carbons (Fsp3) is 0.429. The van der Waals surface area contributed by atoms with Crippen LogP contribution in [-0.4, -0.2) is 28.5 Å². The van der Waals surface area contributed by atoms with Crippen molar-refractivity contribution >= 4 is 45.6 Å². The number of carbonyl (C=O) groups is 1. The van der Waals surface area contributed by atoms with E-state index in [0.717, 1.165) is 48.2 Å². The molecule has 1 amide bonds. The lowest BCUT2D eigenvalue weighted by Gasteiger charge is -2.15. The highest BCUT2D eigenvalue weighted by molar-refractivity contribution is 7.15. The Morgan fingerprint density at radius 2 is 2.25 bits per heavy atom. The van der Waals surface area contributed by atoms with Crippen LogP contribution in [0.4, 0.5) is 5.13 Å². The van der Waals surface area contributed by atoms with Gasteiger partial charge in [-0.15, -0.1) is 11.3 Å². The normalized spacial score (nSPS) is 16.6. The van der Waals surface area contributed by atoms with Crippen molar-refractivity contribution in [3.05, 3.63) is 44.5 Å². The molecule has 0 atom stereocenters. The summed E-state index contributed by atoms with van der Waals surface area (Å²) in [6, 6.07) is 0. The Labute approximate surface area is 174 Å². The summed E-state index contributed by atoms with van der Waals surface area (Å²) < 4.78 is 2.18. The van der Waals surface area contributed by atoms with E-state index < -0.39 is 0 Å². The average molecular weight is 419 g/mol. The topological polar surface area (TPSA) is 59.0 Å². The highest BCUT2D eigenvalue weighted by Gasteiger charge is 2.19. The molecule has 0 fully saturated rings. The van der Waals surface area contributed by atoms with Crippen LogP contribution < -0.4 is 21.2 Å². The molecule has 150 valence electrons. The SMILES string of the molecule is C/C=c1/c2c(n(CC(=O)Nc3ncc(C)s3)/c1=C(C)/C=C/Cl)CCCNCC2. The molecule has 1 aliphatic heterocycles. The molecule has 0 saturated carbocycles. The van der Waals surface area contributed by atoms with Gasteiger partial charge in [0.25, 0.3) is 0 Å². The van der Waals surface area contributed by atoms with Gasteiger partial charge in [-0.25, -0.2) is 4.98 Å². The Hall–Kier alpha value is -1.89. The second-order valence-corrected chi connectivity index (χ2v) is 8.45. The molecule has 0 aliphatic carbocycles. The first kappa shape index (κ1) is 20.8. The number of aryl methyl sites for hydroxylation is 1. The summed E-state index contributed by atoms with van der Waals surface area (Å²) in [5.74, 6) is -0.0566. The van der Waals surface area contributed by atoms with Crippen LogP contribution in [-0.2, 0) is 24.2 Å². The Balaban J connectivity index is 2.09. The lowest BCUT2D eigenvalue weighted by molar-refractivity contribution is -0.116. The molecule has 0 unspecified atom stereocenters. The predicted octanol–water partition coefficient (Wildman–Crippen LogP) is 2.69. The lowest BCUT2D eigenvalue weighted by Crippen LogP contribution is -2.35. The first-order chi connectivity index (χ1) is 13.5. The molecule has 1 aliphatic rings. The number of anilines is 1. The molecule has 7 heteroatoms. The maximum absolute atomic E-state index is 12.8. The lowest BCUT2D eigenvalue weighted by atomic mass is 10.0. The highest BCUT2D eigenvalue weighted by atomic mass is 35.5. The Morgan fingerprint density at radius 3 is 2.93 bits per heavy atom. The number of nitrogens with one attached hydrogen (secondary N) is 2. The average Bonchev–Trinajstić information content (AvgIpc) is 3.15. The zero-order valence-corrected chi connectivity index (χ0v) is 18.2. The molecule has 0 saturated heterocycles. The number of hydrogen-bond acceptors (Lipinski definition) is 4. The summed E-state index contributed by atoms with van der Waals surface area (Å²) in [7, 11) is 0. The van der Waals surface area contributed by atoms with Gasteiger partial charge >= 0.3 is 0 Å². The highest BCUT2D eigenvalue weighted by Crippen LogP contribution is 2.17. The summed E-state index contributed by atoms with van der Waals surface area (Å²) >= 11 is 7.36. The number of thiazole rings is 1. The van der Waals surface area contributed by atoms with Crippen molar-refractivity contribution in [3.8, 4) is 0 Å². The third-order valence-electron chi connectivity index (χ3n) is 4.99. The number of fused-ring (bicyclic) bond motifs is 1. The van der Waals surface area contributed by atoms with Crippen LogP contribution in [0.25, 0.3) is 11.6 Å². The van der Waals surface area contributed by atoms with Crippen molar-refractivity contribution in [2.75, 3.05) is 18.4 Å². The van der Waals surface area contributed by atoms with Crippen molar-refractivity contribution in [2.24, 2.45) is 0 Å². The van der Waals surface area contributed by atoms with Gasteiger partial charge in [-0.2, -0.15) is 0 Å². The van der Waals surface area contributed by atoms with E-state index in [-0.39, 0.29) is 12.5 Å². The maximum Gasteiger partial charge on any atom is 0.246 e. The first-order valence-corrected chi connectivity index (χ1v) is 10.9. The summed E-state index contributed by atoms with van der Waals surface area (Å²) in [4.78, 5) is 18.1. The fourth-order valence-electron chi connectivity index (χ4n) is 3.82. The van der Waals surface area contributed by atoms with Crippen molar-refractivity contribution in [3.63, 3.8) is 0 Å². The fourth-order valence-corrected chi connectivity index (χ4v) is 4.69. The number of nitrogens with zero attached hydrogens (tertiary/aromatic N) is 2. The quantitative estimate of drug-likeness (QED) is 0.802. The van der Waals surface area contributed by atoms with Crippen LogP contribution in [0, 0.1) is 6.92 Å². The summed E-state index contributed by atoms with van der Waals surface area (Å²) in [5, 5.41) is 9.37. The number of rotatable bonds is 4. The minimum absolute atomic E-state index is 0.0566. The van der Waals surface area contributed by atoms with Gasteiger partial charge < -0.3 is 15.2 Å². The molecule has 2 aromatic heterocycles. The molecule has 0 radical (unpaired) electrons. The number of aromatic nitrogens is 2. The summed E-state index contributed by atoms with van der Waals surface area (Å²) in [6.07, 6.45) is 8.78. The minimum Gasteiger partial charge on any atom is -0.335 e. The molecule has 0 spiro atoms. The monoisotopic (exact) mass is 418 g/mol. The van der Waals surface area contributed by atoms with Crippen LogP contribution in [0.3, 0.4) is 0 Å². The van der Waals surface area contributed by atoms with Crippen molar-refractivity contribution in [1.29, 1.82) is 0 Å². The molecule has 5 nitrogen and oxygen atoms in total. The number of allylic oxidation sites excluding steroid dienone is 1. The van der Waals surface area contributed by atoms with Gasteiger partial charge in [-0.05, 0) is 75.6 Å². The van der Waals surface area contributed by atoms with E-state index in [4.69, 9.17) is 11.6 Å². The predicted molar refractivity (Wildman–Crippen MR) is 118 cm³/mol. The van der Waals surface area contributed by atoms with Gasteiger partial charge in [0.15, 0.2) is 5.13 Å². The molecular formula is C21H27ClN4OS. The van der Waals surface area contributed by atoms with Gasteiger partial charge in [0.1, 0.15) is 6.54 Å². The van der Waals surface area contributed by atoms with E-state index in [0.29, 0.717) is 5.13 Å². The largest absolute Gasteiger partial charge is 0.335 e. The zero-order chi connectivity index (χ0) is 20.1. The van der Waals surface area contributed by atoms with E-state index in [1.807, 2.05) is 19.9 Å². The Bertz CT molecular complexity index is 1000. The van der Waals surface area contributed by atoms with Crippen molar-refractivity contribution < 1.29 is 4.79 Å². The van der Waals surface area contributed by atoms with E-state index >= 15 is 0 Å². The van der Waals surface area contributed by atoms with E-state index in [1.54, 1.807) is 6.20 Å². The van der Waals surface area contributed by atoms with E-state index in [9.17, 15) is 4.79 Å². The van der Waals surface area contributed by atoms with Gasteiger partial charge in [0.05, 0.1) is 5.35 Å². The molecule has 3 heterocycles. The van der Waals surface area contributed by atoms with Crippen LogP contribution in [0.5, 0.6) is 0 Å². The third-order valence-corrected chi connectivity index (χ3v) is 5.94. The van der Waals surface area contributed by atoms with Crippen LogP contribution in [0.2, 0.25) is 0 Å². The summed E-state index contributed by atoms with van der Waals surface area (Å²) in [6.45, 7) is 8.31. The summed E-state index contributed by atoms with van der Waals surface area (Å²) in [5.41, 5.74) is 5.19. The molecule has 3 rings (SSSR count). The van der Waals surface area contributed by atoms with E-state index in [1.165, 1.54) is 33.3 Å².